The molecule has 0 amide bonds. The van der Waals surface area contributed by atoms with Gasteiger partial charge in [-0.2, -0.15) is 0 Å². The van der Waals surface area contributed by atoms with E-state index >= 15 is 0 Å². The lowest BCUT2D eigenvalue weighted by atomic mass is 9.98. The van der Waals surface area contributed by atoms with Crippen molar-refractivity contribution < 1.29 is 24.5 Å². The molecule has 1 heterocycles. The average Bonchev–Trinajstić information content (AvgIpc) is 2.81. The topological polar surface area (TPSA) is 88.9 Å². The van der Waals surface area contributed by atoms with Crippen molar-refractivity contribution in [2.24, 2.45) is 0 Å². The lowest BCUT2D eigenvalue weighted by molar-refractivity contribution is -0.150. The van der Waals surface area contributed by atoms with E-state index < -0.39 is 12.1 Å². The molecule has 178 valence electrons. The molecule has 3 aromatic rings. The minimum absolute atomic E-state index is 0.0747. The number of carbonyl (C=O) groups excluding carboxylic acids is 1. The highest BCUT2D eigenvalue weighted by atomic mass is 79.9. The molecule has 2 aromatic carbocycles. The quantitative estimate of drug-likeness (QED) is 0.292. The number of aliphatic hydroxyl groups is 1. The van der Waals surface area contributed by atoms with Gasteiger partial charge in [-0.3, -0.25) is 4.98 Å². The number of aliphatic hydroxyl groups excluding tert-OH is 1. The van der Waals surface area contributed by atoms with Gasteiger partial charge < -0.3 is 19.7 Å². The molecule has 1 atom stereocenters. The molecule has 0 aliphatic rings. The summed E-state index contributed by atoms with van der Waals surface area (Å²) in [6, 6.07) is 10.9. The van der Waals surface area contributed by atoms with Gasteiger partial charge in [0.05, 0.1) is 16.1 Å². The number of esters is 1. The molecule has 0 aliphatic carbocycles. The van der Waals surface area contributed by atoms with E-state index in [-0.39, 0.29) is 18.1 Å². The van der Waals surface area contributed by atoms with Gasteiger partial charge >= 0.3 is 5.97 Å². The highest BCUT2D eigenvalue weighted by molar-refractivity contribution is 9.11. The van der Waals surface area contributed by atoms with E-state index in [2.05, 4.69) is 41.6 Å². The predicted molar refractivity (Wildman–Crippen MR) is 139 cm³/mol. The number of hydrogen-bond donors (Lipinski definition) is 2. The Kier molecular flexibility index (Phi) is 8.88. The number of ether oxygens (including phenoxy) is 2. The number of aromatic nitrogens is 1. The summed E-state index contributed by atoms with van der Waals surface area (Å²) in [6.45, 7) is 4.00. The molecule has 34 heavy (non-hydrogen) atoms. The van der Waals surface area contributed by atoms with Crippen molar-refractivity contribution in [3.63, 3.8) is 0 Å². The second-order valence-corrected chi connectivity index (χ2v) is 9.66. The largest absolute Gasteiger partial charge is 0.507 e. The molecule has 0 saturated heterocycles. The first kappa shape index (κ1) is 25.9. The third-order valence-electron chi connectivity index (χ3n) is 5.11. The summed E-state index contributed by atoms with van der Waals surface area (Å²) in [5.41, 5.74) is 3.07. The van der Waals surface area contributed by atoms with E-state index in [0.717, 1.165) is 16.7 Å². The van der Waals surface area contributed by atoms with Crippen LogP contribution in [0.3, 0.4) is 0 Å². The van der Waals surface area contributed by atoms with Crippen LogP contribution in [-0.2, 0) is 16.0 Å². The van der Waals surface area contributed by atoms with Gasteiger partial charge in [0.1, 0.15) is 11.5 Å². The standard InChI is InChI=1S/C26H25Br2NO5/c1-15(2)20-14-19(13-18(24(20)31)5-4-16-6-8-29-9-7-16)34-25-21(27)10-17(11-22(25)28)12-23(30)26(32)33-3/h4-11,13-15,23,30-31H,12H2,1-3H3. The highest BCUT2D eigenvalue weighted by Crippen LogP contribution is 2.41. The van der Waals surface area contributed by atoms with E-state index in [9.17, 15) is 15.0 Å². The number of aromatic hydroxyl groups is 1. The monoisotopic (exact) mass is 589 g/mol. The van der Waals surface area contributed by atoms with E-state index in [0.29, 0.717) is 26.0 Å². The van der Waals surface area contributed by atoms with Crippen LogP contribution in [0.15, 0.2) is 57.7 Å². The first-order valence-corrected chi connectivity index (χ1v) is 12.1. The Hall–Kier alpha value is -2.68. The molecule has 1 unspecified atom stereocenters. The molecule has 0 aliphatic heterocycles. The normalized spacial score (nSPS) is 12.2. The Bertz CT molecular complexity index is 1170. The fraction of sp³-hybridized carbons (Fsp3) is 0.231. The van der Waals surface area contributed by atoms with Gasteiger partial charge in [0.15, 0.2) is 11.9 Å². The van der Waals surface area contributed by atoms with Crippen molar-refractivity contribution in [2.45, 2.75) is 32.3 Å². The number of nitrogens with zero attached hydrogens (tertiary/aromatic N) is 1. The smallest absolute Gasteiger partial charge is 0.335 e. The molecule has 0 fully saturated rings. The first-order chi connectivity index (χ1) is 16.2. The summed E-state index contributed by atoms with van der Waals surface area (Å²) < 4.78 is 12.1. The summed E-state index contributed by atoms with van der Waals surface area (Å²) in [4.78, 5) is 15.6. The zero-order chi connectivity index (χ0) is 24.8. The summed E-state index contributed by atoms with van der Waals surface area (Å²) in [7, 11) is 1.23. The summed E-state index contributed by atoms with van der Waals surface area (Å²) >= 11 is 7.04. The zero-order valence-corrected chi connectivity index (χ0v) is 22.1. The Labute approximate surface area is 215 Å². The number of methoxy groups -OCH3 is 1. The van der Waals surface area contributed by atoms with Crippen molar-refractivity contribution in [3.8, 4) is 17.2 Å². The molecule has 0 saturated carbocycles. The van der Waals surface area contributed by atoms with Crippen molar-refractivity contribution in [1.29, 1.82) is 0 Å². The second-order valence-electron chi connectivity index (χ2n) is 7.95. The highest BCUT2D eigenvalue weighted by Gasteiger charge is 2.19. The third-order valence-corrected chi connectivity index (χ3v) is 6.28. The van der Waals surface area contributed by atoms with Gasteiger partial charge in [-0.1, -0.05) is 26.0 Å². The van der Waals surface area contributed by atoms with Gasteiger partial charge in [-0.15, -0.1) is 0 Å². The Balaban J connectivity index is 1.93. The van der Waals surface area contributed by atoms with Crippen LogP contribution in [0.2, 0.25) is 0 Å². The zero-order valence-electron chi connectivity index (χ0n) is 19.0. The SMILES string of the molecule is COC(=O)C(O)Cc1cc(Br)c(Oc2cc(C=Cc3ccncc3)c(O)c(C(C)C)c2)c(Br)c1. The molecule has 0 radical (unpaired) electrons. The van der Waals surface area contributed by atoms with Crippen LogP contribution >= 0.6 is 31.9 Å². The maximum atomic E-state index is 11.5. The molecule has 1 aromatic heterocycles. The van der Waals surface area contributed by atoms with Crippen LogP contribution in [0.1, 0.15) is 42.0 Å². The molecule has 6 nitrogen and oxygen atoms in total. The Morgan fingerprint density at radius 2 is 1.74 bits per heavy atom. The van der Waals surface area contributed by atoms with Crippen LogP contribution in [0.5, 0.6) is 17.2 Å². The van der Waals surface area contributed by atoms with Gasteiger partial charge in [-0.05, 0) is 85.3 Å². The molecular weight excluding hydrogens is 566 g/mol. The van der Waals surface area contributed by atoms with Crippen LogP contribution in [-0.4, -0.2) is 34.4 Å². The Morgan fingerprint density at radius 1 is 1.09 bits per heavy atom. The molecule has 3 rings (SSSR count). The van der Waals surface area contributed by atoms with E-state index in [1.165, 1.54) is 7.11 Å². The van der Waals surface area contributed by atoms with Crippen LogP contribution in [0.4, 0.5) is 0 Å². The van der Waals surface area contributed by atoms with Crippen molar-refractivity contribution in [3.05, 3.63) is 80.0 Å². The molecule has 0 spiro atoms. The number of hydrogen-bond acceptors (Lipinski definition) is 6. The lowest BCUT2D eigenvalue weighted by Gasteiger charge is -2.17. The minimum Gasteiger partial charge on any atom is -0.507 e. The van der Waals surface area contributed by atoms with Gasteiger partial charge in [0.25, 0.3) is 0 Å². The lowest BCUT2D eigenvalue weighted by Crippen LogP contribution is -2.24. The maximum Gasteiger partial charge on any atom is 0.335 e. The Morgan fingerprint density at radius 3 is 2.32 bits per heavy atom. The second kappa shape index (κ2) is 11.6. The number of rotatable bonds is 8. The molecular formula is C26H25Br2NO5. The molecule has 0 bridgehead atoms. The number of pyridine rings is 1. The number of phenolic OH excluding ortho intramolecular Hbond substituents is 1. The number of carbonyl (C=O) groups is 1. The summed E-state index contributed by atoms with van der Waals surface area (Å²) in [5.74, 6) is 0.675. The van der Waals surface area contributed by atoms with Crippen molar-refractivity contribution in [2.75, 3.05) is 7.11 Å². The van der Waals surface area contributed by atoms with Crippen molar-refractivity contribution >= 4 is 50.0 Å². The number of benzene rings is 2. The fourth-order valence-electron chi connectivity index (χ4n) is 3.33. The van der Waals surface area contributed by atoms with E-state index in [1.54, 1.807) is 30.6 Å². The average molecular weight is 591 g/mol. The number of phenols is 1. The summed E-state index contributed by atoms with van der Waals surface area (Å²) in [6.07, 6.45) is 6.01. The predicted octanol–water partition coefficient (Wildman–Crippen LogP) is 6.47. The first-order valence-electron chi connectivity index (χ1n) is 10.6. The van der Waals surface area contributed by atoms with E-state index in [1.807, 2.05) is 44.2 Å². The fourth-order valence-corrected chi connectivity index (χ4v) is 4.77. The molecule has 8 heteroatoms. The van der Waals surface area contributed by atoms with Gasteiger partial charge in [0, 0.05) is 29.9 Å². The van der Waals surface area contributed by atoms with Gasteiger partial charge in [0.2, 0.25) is 0 Å². The van der Waals surface area contributed by atoms with Gasteiger partial charge in [-0.25, -0.2) is 4.79 Å². The van der Waals surface area contributed by atoms with Crippen LogP contribution < -0.4 is 4.74 Å². The molecule has 2 N–H and O–H groups in total. The van der Waals surface area contributed by atoms with Crippen LogP contribution in [0, 0.1) is 0 Å². The summed E-state index contributed by atoms with van der Waals surface area (Å²) in [5, 5.41) is 20.8. The van der Waals surface area contributed by atoms with Crippen LogP contribution in [0.25, 0.3) is 12.2 Å². The van der Waals surface area contributed by atoms with Crippen molar-refractivity contribution in [1.82, 2.24) is 4.98 Å². The third kappa shape index (κ3) is 6.46. The minimum atomic E-state index is -1.25. The maximum absolute atomic E-state index is 11.5. The van der Waals surface area contributed by atoms with E-state index in [4.69, 9.17) is 4.74 Å². The number of halogens is 2.